The molecule has 0 aromatic rings. The lowest BCUT2D eigenvalue weighted by atomic mass is 10.2. The maximum absolute atomic E-state index is 11.0. The highest BCUT2D eigenvalue weighted by Gasteiger charge is 2.01. The third-order valence-electron chi connectivity index (χ3n) is 1.77. The molecular weight excluding hydrogens is 184 g/mol. The Kier molecular flexibility index (Phi) is 7.89. The van der Waals surface area contributed by atoms with E-state index < -0.39 is 5.97 Å². The molecule has 0 N–H and O–H groups in total. The van der Waals surface area contributed by atoms with Crippen molar-refractivity contribution in [1.82, 2.24) is 0 Å². The van der Waals surface area contributed by atoms with Gasteiger partial charge in [-0.2, -0.15) is 0 Å². The number of unbranched alkanes of at least 4 members (excludes halogenated alkanes) is 2. The third-order valence-corrected chi connectivity index (χ3v) is 1.77. The summed E-state index contributed by atoms with van der Waals surface area (Å²) in [6, 6.07) is 0. The fourth-order valence-electron chi connectivity index (χ4n) is 0.941. The summed E-state index contributed by atoms with van der Waals surface area (Å²) in [5.74, 6) is -1.30. The van der Waals surface area contributed by atoms with Gasteiger partial charge in [0.1, 0.15) is 0 Å². The van der Waals surface area contributed by atoms with Crippen molar-refractivity contribution in [3.63, 3.8) is 0 Å². The Hall–Kier alpha value is -1.06. The standard InChI is InChI=1S/C10H18O4/c1-2-3-8-14-10(13)7-5-4-6-9(11)12/h2-8H2,1H3,(H,11,12)/p-1. The summed E-state index contributed by atoms with van der Waals surface area (Å²) in [6.45, 7) is 2.49. The molecule has 0 aromatic carbocycles. The van der Waals surface area contributed by atoms with Crippen LogP contribution in [0, 0.1) is 0 Å². The van der Waals surface area contributed by atoms with Crippen LogP contribution in [-0.4, -0.2) is 18.5 Å². The minimum atomic E-state index is -1.07. The molecular formula is C10H17O4-. The van der Waals surface area contributed by atoms with Crippen molar-refractivity contribution in [3.8, 4) is 0 Å². The first-order chi connectivity index (χ1) is 6.66. The summed E-state index contributed by atoms with van der Waals surface area (Å²) in [5, 5.41) is 10.0. The number of ether oxygens (including phenoxy) is 1. The van der Waals surface area contributed by atoms with Crippen LogP contribution in [0.3, 0.4) is 0 Å². The summed E-state index contributed by atoms with van der Waals surface area (Å²) in [4.78, 5) is 21.0. The third kappa shape index (κ3) is 9.03. The zero-order valence-corrected chi connectivity index (χ0v) is 8.58. The van der Waals surface area contributed by atoms with Crippen LogP contribution in [0.15, 0.2) is 0 Å². The molecule has 0 saturated heterocycles. The number of esters is 1. The van der Waals surface area contributed by atoms with Crippen molar-refractivity contribution in [3.05, 3.63) is 0 Å². The average Bonchev–Trinajstić information content (AvgIpc) is 2.13. The van der Waals surface area contributed by atoms with Gasteiger partial charge in [0.05, 0.1) is 6.61 Å². The Bertz CT molecular complexity index is 177. The second kappa shape index (κ2) is 8.53. The van der Waals surface area contributed by atoms with Crippen molar-refractivity contribution in [2.45, 2.75) is 45.4 Å². The highest BCUT2D eigenvalue weighted by Crippen LogP contribution is 2.01. The molecule has 0 unspecified atom stereocenters. The first kappa shape index (κ1) is 12.9. The Morgan fingerprint density at radius 3 is 2.36 bits per heavy atom. The van der Waals surface area contributed by atoms with E-state index >= 15 is 0 Å². The molecule has 0 fully saturated rings. The number of carboxylic acids is 1. The summed E-state index contributed by atoms with van der Waals surface area (Å²) < 4.78 is 4.89. The van der Waals surface area contributed by atoms with Crippen LogP contribution in [0.25, 0.3) is 0 Å². The van der Waals surface area contributed by atoms with E-state index in [9.17, 15) is 14.7 Å². The van der Waals surface area contributed by atoms with Crippen molar-refractivity contribution in [2.24, 2.45) is 0 Å². The van der Waals surface area contributed by atoms with Gasteiger partial charge in [-0.25, -0.2) is 0 Å². The van der Waals surface area contributed by atoms with Crippen LogP contribution in [0.5, 0.6) is 0 Å². The summed E-state index contributed by atoms with van der Waals surface area (Å²) >= 11 is 0. The van der Waals surface area contributed by atoms with Gasteiger partial charge in [0, 0.05) is 12.4 Å². The Balaban J connectivity index is 3.22. The summed E-state index contributed by atoms with van der Waals surface area (Å²) in [7, 11) is 0. The first-order valence-corrected chi connectivity index (χ1v) is 5.02. The highest BCUT2D eigenvalue weighted by molar-refractivity contribution is 5.69. The highest BCUT2D eigenvalue weighted by atomic mass is 16.5. The molecule has 0 amide bonds. The number of rotatable bonds is 8. The molecule has 0 spiro atoms. The Labute approximate surface area is 84.3 Å². The minimum absolute atomic E-state index is 0.0161. The van der Waals surface area contributed by atoms with Gasteiger partial charge in [0.25, 0.3) is 0 Å². The molecule has 0 aliphatic carbocycles. The van der Waals surface area contributed by atoms with Gasteiger partial charge < -0.3 is 14.6 Å². The molecule has 0 aliphatic heterocycles. The van der Waals surface area contributed by atoms with Crippen LogP contribution in [0.4, 0.5) is 0 Å². The van der Waals surface area contributed by atoms with E-state index in [0.29, 0.717) is 25.9 Å². The van der Waals surface area contributed by atoms with E-state index in [-0.39, 0.29) is 12.4 Å². The monoisotopic (exact) mass is 201 g/mol. The lowest BCUT2D eigenvalue weighted by molar-refractivity contribution is -0.305. The maximum atomic E-state index is 11.0. The molecule has 4 nitrogen and oxygen atoms in total. The molecule has 14 heavy (non-hydrogen) atoms. The van der Waals surface area contributed by atoms with E-state index in [1.54, 1.807) is 0 Å². The first-order valence-electron chi connectivity index (χ1n) is 5.02. The predicted octanol–water partition coefficient (Wildman–Crippen LogP) is 0.640. The van der Waals surface area contributed by atoms with Crippen LogP contribution >= 0.6 is 0 Å². The quantitative estimate of drug-likeness (QED) is 0.427. The fourth-order valence-corrected chi connectivity index (χ4v) is 0.941. The smallest absolute Gasteiger partial charge is 0.305 e. The fraction of sp³-hybridized carbons (Fsp3) is 0.800. The van der Waals surface area contributed by atoms with Gasteiger partial charge in [-0.3, -0.25) is 4.79 Å². The van der Waals surface area contributed by atoms with Gasteiger partial charge in [-0.1, -0.05) is 13.3 Å². The maximum Gasteiger partial charge on any atom is 0.305 e. The molecule has 82 valence electrons. The molecule has 0 rings (SSSR count). The topological polar surface area (TPSA) is 66.4 Å². The van der Waals surface area contributed by atoms with Crippen LogP contribution in [0.1, 0.15) is 45.4 Å². The molecule has 4 heteroatoms. The summed E-state index contributed by atoms with van der Waals surface area (Å²) in [5.41, 5.74) is 0. The largest absolute Gasteiger partial charge is 0.550 e. The lowest BCUT2D eigenvalue weighted by Gasteiger charge is -2.04. The molecule has 0 radical (unpaired) electrons. The van der Waals surface area contributed by atoms with Gasteiger partial charge in [-0.05, 0) is 25.7 Å². The lowest BCUT2D eigenvalue weighted by Crippen LogP contribution is -2.21. The Morgan fingerprint density at radius 1 is 1.14 bits per heavy atom. The minimum Gasteiger partial charge on any atom is -0.550 e. The van der Waals surface area contributed by atoms with E-state index in [1.165, 1.54) is 0 Å². The number of aliphatic carboxylic acids is 1. The van der Waals surface area contributed by atoms with Gasteiger partial charge >= 0.3 is 5.97 Å². The normalized spacial score (nSPS) is 9.79. The number of hydrogen-bond donors (Lipinski definition) is 0. The molecule has 0 aliphatic rings. The second-order valence-corrected chi connectivity index (χ2v) is 3.15. The zero-order valence-electron chi connectivity index (χ0n) is 8.58. The van der Waals surface area contributed by atoms with Crippen LogP contribution in [-0.2, 0) is 14.3 Å². The van der Waals surface area contributed by atoms with Crippen molar-refractivity contribution in [1.29, 1.82) is 0 Å². The van der Waals surface area contributed by atoms with Crippen LogP contribution in [0.2, 0.25) is 0 Å². The average molecular weight is 201 g/mol. The van der Waals surface area contributed by atoms with Crippen molar-refractivity contribution < 1.29 is 19.4 Å². The van der Waals surface area contributed by atoms with E-state index in [1.807, 2.05) is 6.92 Å². The van der Waals surface area contributed by atoms with E-state index in [0.717, 1.165) is 12.8 Å². The summed E-state index contributed by atoms with van der Waals surface area (Å²) in [6.07, 6.45) is 3.23. The molecule has 0 heterocycles. The van der Waals surface area contributed by atoms with Crippen LogP contribution < -0.4 is 5.11 Å². The van der Waals surface area contributed by atoms with Crippen molar-refractivity contribution in [2.75, 3.05) is 6.61 Å². The molecule has 0 saturated carbocycles. The van der Waals surface area contributed by atoms with Gasteiger partial charge in [-0.15, -0.1) is 0 Å². The SMILES string of the molecule is CCCCOC(=O)CCCCC(=O)[O-]. The Morgan fingerprint density at radius 2 is 1.79 bits per heavy atom. The van der Waals surface area contributed by atoms with Gasteiger partial charge in [0.15, 0.2) is 0 Å². The number of carboxylic acid groups (broad SMARTS) is 1. The van der Waals surface area contributed by atoms with Gasteiger partial charge in [0.2, 0.25) is 0 Å². The molecule has 0 atom stereocenters. The number of carbonyl (C=O) groups excluding carboxylic acids is 2. The number of hydrogen-bond acceptors (Lipinski definition) is 4. The predicted molar refractivity (Wildman–Crippen MR) is 49.3 cm³/mol. The molecule has 0 bridgehead atoms. The van der Waals surface area contributed by atoms with E-state index in [4.69, 9.17) is 4.74 Å². The number of carbonyl (C=O) groups is 2. The van der Waals surface area contributed by atoms with Crippen molar-refractivity contribution >= 4 is 11.9 Å². The zero-order chi connectivity index (χ0) is 10.8. The molecule has 0 aromatic heterocycles. The second-order valence-electron chi connectivity index (χ2n) is 3.15. The van der Waals surface area contributed by atoms with E-state index in [2.05, 4.69) is 0 Å².